The molecule has 1 fully saturated rings. The Hall–Kier alpha value is -4.85. The van der Waals surface area contributed by atoms with Gasteiger partial charge in [0, 0.05) is 42.2 Å². The predicted octanol–water partition coefficient (Wildman–Crippen LogP) is 7.06. The lowest BCUT2D eigenvalue weighted by Gasteiger charge is -2.30. The van der Waals surface area contributed by atoms with Gasteiger partial charge in [-0.1, -0.05) is 37.1 Å². The first-order valence-electron chi connectivity index (χ1n) is 14.8. The minimum absolute atomic E-state index is 0.142. The number of hydrogen-bond acceptors (Lipinski definition) is 4. The number of furan rings is 1. The van der Waals surface area contributed by atoms with Crippen LogP contribution in [0.5, 0.6) is 0 Å². The van der Waals surface area contributed by atoms with Crippen molar-refractivity contribution in [2.75, 3.05) is 0 Å². The maximum absolute atomic E-state index is 14.0. The summed E-state index contributed by atoms with van der Waals surface area (Å²) < 4.78 is 9.70. The Kier molecular flexibility index (Phi) is 6.57. The van der Waals surface area contributed by atoms with Crippen molar-refractivity contribution < 1.29 is 19.1 Å². The van der Waals surface area contributed by atoms with Gasteiger partial charge in [-0.3, -0.25) is 4.79 Å². The third-order valence-electron chi connectivity index (χ3n) is 9.26. The minimum atomic E-state index is -0.999. The Morgan fingerprint density at radius 3 is 2.53 bits per heavy atom. The summed E-state index contributed by atoms with van der Waals surface area (Å²) in [6.07, 6.45) is 16.5. The van der Waals surface area contributed by atoms with E-state index in [0.717, 1.165) is 39.6 Å². The largest absolute Gasteiger partial charge is 0.478 e. The Balaban J connectivity index is 1.25. The fraction of sp³-hybridized carbons (Fsp3) is 0.286. The first-order chi connectivity index (χ1) is 20.8. The van der Waals surface area contributed by atoms with Crippen molar-refractivity contribution in [3.8, 4) is 11.3 Å². The molecule has 0 spiro atoms. The standard InChI is InChI=1S/C35H34N4O4/c1-38-29-20-24(11-12-26(29)31(23-7-3-4-8-23)32(38)25-15-18-43-21-25)33(42)37-35(16-5-6-17-35)34-36-27-19-22(10-14-30(40)41)9-13-28(27)39(34)2/h5-6,9-15,18-21,23H,3-4,7-8,16-17H2,1-2H3,(H,37,42)(H,40,41)/b14-10+. The lowest BCUT2D eigenvalue weighted by atomic mass is 9.92. The molecule has 8 heteroatoms. The van der Waals surface area contributed by atoms with Gasteiger partial charge in [0.15, 0.2) is 0 Å². The molecule has 2 aliphatic rings. The lowest BCUT2D eigenvalue weighted by Crippen LogP contribution is -2.45. The molecule has 2 aromatic carbocycles. The topological polar surface area (TPSA) is 102 Å². The number of benzene rings is 2. The number of aliphatic carboxylic acids is 1. The maximum atomic E-state index is 14.0. The van der Waals surface area contributed by atoms with Gasteiger partial charge in [0.2, 0.25) is 0 Å². The van der Waals surface area contributed by atoms with Crippen LogP contribution in [0.25, 0.3) is 39.3 Å². The van der Waals surface area contributed by atoms with Crippen molar-refractivity contribution >= 4 is 39.9 Å². The number of rotatable bonds is 7. The van der Waals surface area contributed by atoms with Crippen molar-refractivity contribution in [3.63, 3.8) is 0 Å². The summed E-state index contributed by atoms with van der Waals surface area (Å²) in [6.45, 7) is 0. The van der Waals surface area contributed by atoms with Crippen LogP contribution in [0.15, 0.2) is 77.6 Å². The quantitative estimate of drug-likeness (QED) is 0.160. The van der Waals surface area contributed by atoms with E-state index in [1.165, 1.54) is 42.3 Å². The van der Waals surface area contributed by atoms with Gasteiger partial charge in [-0.05, 0) is 79.1 Å². The smallest absolute Gasteiger partial charge is 0.328 e. The van der Waals surface area contributed by atoms with Crippen LogP contribution in [-0.4, -0.2) is 31.1 Å². The number of nitrogens with one attached hydrogen (secondary N) is 1. The van der Waals surface area contributed by atoms with E-state index in [4.69, 9.17) is 14.5 Å². The van der Waals surface area contributed by atoms with Crippen LogP contribution in [0.3, 0.4) is 0 Å². The average Bonchev–Trinajstić information content (AvgIpc) is 3.83. The number of imidazole rings is 1. The number of aryl methyl sites for hydroxylation is 2. The molecular weight excluding hydrogens is 540 g/mol. The number of fused-ring (bicyclic) bond motifs is 2. The number of aromatic nitrogens is 3. The second-order valence-corrected chi connectivity index (χ2v) is 11.9. The van der Waals surface area contributed by atoms with E-state index in [0.29, 0.717) is 24.3 Å². The number of nitrogens with zero attached hydrogens (tertiary/aromatic N) is 3. The number of hydrogen-bond donors (Lipinski definition) is 2. The highest BCUT2D eigenvalue weighted by atomic mass is 16.4. The molecule has 1 saturated carbocycles. The van der Waals surface area contributed by atoms with E-state index >= 15 is 0 Å². The van der Waals surface area contributed by atoms with Crippen molar-refractivity contribution in [2.45, 2.75) is 50.0 Å². The van der Waals surface area contributed by atoms with Crippen LogP contribution in [0.2, 0.25) is 0 Å². The van der Waals surface area contributed by atoms with Gasteiger partial charge in [-0.15, -0.1) is 0 Å². The van der Waals surface area contributed by atoms with E-state index < -0.39 is 11.5 Å². The normalized spacial score (nSPS) is 16.7. The van der Waals surface area contributed by atoms with E-state index in [9.17, 15) is 9.59 Å². The predicted molar refractivity (Wildman–Crippen MR) is 167 cm³/mol. The number of amides is 1. The summed E-state index contributed by atoms with van der Waals surface area (Å²) in [4.78, 5) is 29.9. The number of carbonyl (C=O) groups is 2. The van der Waals surface area contributed by atoms with Gasteiger partial charge >= 0.3 is 5.97 Å². The molecule has 0 aliphatic heterocycles. The van der Waals surface area contributed by atoms with Crippen molar-refractivity contribution in [1.29, 1.82) is 0 Å². The Labute approximate surface area is 249 Å². The maximum Gasteiger partial charge on any atom is 0.328 e. The van der Waals surface area contributed by atoms with Crippen LogP contribution in [0.4, 0.5) is 0 Å². The molecule has 218 valence electrons. The molecule has 0 unspecified atom stereocenters. The van der Waals surface area contributed by atoms with Crippen molar-refractivity contribution in [2.24, 2.45) is 14.1 Å². The van der Waals surface area contributed by atoms with Gasteiger partial charge in [-0.2, -0.15) is 0 Å². The second-order valence-electron chi connectivity index (χ2n) is 11.9. The fourth-order valence-electron chi connectivity index (χ4n) is 7.18. The summed E-state index contributed by atoms with van der Waals surface area (Å²) in [7, 11) is 4.04. The molecule has 2 aliphatic carbocycles. The summed E-state index contributed by atoms with van der Waals surface area (Å²) in [5, 5.41) is 13.6. The minimum Gasteiger partial charge on any atom is -0.478 e. The SMILES string of the molecule is Cn1c(C2(NC(=O)c3ccc4c(C5CCCC5)c(-c5ccoc5)n(C)c4c3)CC=CC2)nc2cc(/C=C/C(=O)O)ccc21. The number of carboxylic acid groups (broad SMARTS) is 1. The van der Waals surface area contributed by atoms with Crippen LogP contribution in [-0.2, 0) is 24.4 Å². The molecule has 0 saturated heterocycles. The van der Waals surface area contributed by atoms with Gasteiger partial charge in [0.25, 0.3) is 5.91 Å². The third-order valence-corrected chi connectivity index (χ3v) is 9.26. The molecule has 2 N–H and O–H groups in total. The molecule has 3 heterocycles. The Bertz CT molecular complexity index is 1930. The van der Waals surface area contributed by atoms with Gasteiger partial charge in [-0.25, -0.2) is 9.78 Å². The van der Waals surface area contributed by atoms with Gasteiger partial charge in [0.05, 0.1) is 29.3 Å². The molecule has 7 rings (SSSR count). The van der Waals surface area contributed by atoms with E-state index in [1.54, 1.807) is 18.6 Å². The van der Waals surface area contributed by atoms with Crippen molar-refractivity contribution in [3.05, 3.63) is 95.7 Å². The molecule has 0 radical (unpaired) electrons. The molecule has 5 aromatic rings. The number of carbonyl (C=O) groups excluding carboxylic acids is 1. The molecule has 3 aromatic heterocycles. The highest BCUT2D eigenvalue weighted by molar-refractivity contribution is 6.01. The van der Waals surface area contributed by atoms with Gasteiger partial charge in [0.1, 0.15) is 11.4 Å². The van der Waals surface area contributed by atoms with Crippen LogP contribution < -0.4 is 5.32 Å². The first-order valence-corrected chi connectivity index (χ1v) is 14.8. The summed E-state index contributed by atoms with van der Waals surface area (Å²) >= 11 is 0. The first kappa shape index (κ1) is 27.0. The average molecular weight is 575 g/mol. The molecule has 0 bridgehead atoms. The van der Waals surface area contributed by atoms with Crippen LogP contribution in [0, 0.1) is 0 Å². The molecule has 8 nitrogen and oxygen atoms in total. The molecule has 43 heavy (non-hydrogen) atoms. The van der Waals surface area contributed by atoms with Crippen LogP contribution in [0.1, 0.15) is 71.8 Å². The zero-order chi connectivity index (χ0) is 29.7. The lowest BCUT2D eigenvalue weighted by molar-refractivity contribution is -0.131. The third kappa shape index (κ3) is 4.58. The molecule has 1 amide bonds. The van der Waals surface area contributed by atoms with E-state index in [1.807, 2.05) is 48.0 Å². The summed E-state index contributed by atoms with van der Waals surface area (Å²) in [5.41, 5.74) is 6.96. The van der Waals surface area contributed by atoms with Crippen molar-refractivity contribution in [1.82, 2.24) is 19.4 Å². The zero-order valence-corrected chi connectivity index (χ0v) is 24.3. The van der Waals surface area contributed by atoms with E-state index in [2.05, 4.69) is 35.1 Å². The summed E-state index contributed by atoms with van der Waals surface area (Å²) in [5.74, 6) is 0.127. The highest BCUT2D eigenvalue weighted by Crippen LogP contribution is 2.45. The Morgan fingerprint density at radius 1 is 1.02 bits per heavy atom. The number of carboxylic acids is 1. The van der Waals surface area contributed by atoms with Gasteiger partial charge < -0.3 is 24.0 Å². The monoisotopic (exact) mass is 574 g/mol. The fourth-order valence-corrected chi connectivity index (χ4v) is 7.18. The molecular formula is C35H34N4O4. The van der Waals surface area contributed by atoms with Crippen LogP contribution >= 0.6 is 0 Å². The highest BCUT2D eigenvalue weighted by Gasteiger charge is 2.39. The summed E-state index contributed by atoms with van der Waals surface area (Å²) in [6, 6.07) is 13.8. The van der Waals surface area contributed by atoms with E-state index in [-0.39, 0.29) is 5.91 Å². The second kappa shape index (κ2) is 10.5. The Morgan fingerprint density at radius 2 is 1.81 bits per heavy atom. The zero-order valence-electron chi connectivity index (χ0n) is 24.3. The molecule has 0 atom stereocenters.